The molecule has 1 amide bonds. The van der Waals surface area contributed by atoms with Gasteiger partial charge in [0.15, 0.2) is 7.05 Å². The number of thioether (sulfide) groups is 1. The molecule has 0 aliphatic heterocycles. The van der Waals surface area contributed by atoms with Gasteiger partial charge in [0.05, 0.1) is 10.9 Å². The Hall–Kier alpha value is -1.74. The molecule has 160 valence electrons. The minimum absolute atomic E-state index is 0.0244. The first-order valence-electron chi connectivity index (χ1n) is 9.33. The Morgan fingerprint density at radius 1 is 1.50 bits per heavy atom. The van der Waals surface area contributed by atoms with Crippen LogP contribution in [0.25, 0.3) is 0 Å². The van der Waals surface area contributed by atoms with Gasteiger partial charge < -0.3 is 10.4 Å². The van der Waals surface area contributed by atoms with E-state index in [1.165, 1.54) is 11.8 Å². The number of benzene rings is 1. The monoisotopic (exact) mass is 471 g/mol. The number of likely N-dealkylation sites (N-methyl/N-ethyl adjacent to an activating group) is 1. The fourth-order valence-electron chi connectivity index (χ4n) is 3.41. The number of carbonyl (C=O) groups excluding carboxylic acids is 1. The Bertz CT molecular complexity index is 964. The number of pyridine rings is 1. The molecule has 6 nitrogen and oxygen atoms in total. The van der Waals surface area contributed by atoms with Crippen molar-refractivity contribution in [2.24, 2.45) is 0 Å². The van der Waals surface area contributed by atoms with Gasteiger partial charge in [0, 0.05) is 28.4 Å². The molecule has 0 spiro atoms. The van der Waals surface area contributed by atoms with Gasteiger partial charge >= 0.3 is 0 Å². The maximum absolute atomic E-state index is 16.0. The zero-order valence-corrected chi connectivity index (χ0v) is 18.6. The first-order chi connectivity index (χ1) is 14.3. The van der Waals surface area contributed by atoms with E-state index in [2.05, 4.69) is 10.3 Å². The van der Waals surface area contributed by atoms with E-state index in [1.807, 2.05) is 0 Å². The normalized spacial score (nSPS) is 21.6. The molecule has 2 aromatic rings. The van der Waals surface area contributed by atoms with Gasteiger partial charge in [0.25, 0.3) is 5.91 Å². The van der Waals surface area contributed by atoms with Crippen molar-refractivity contribution in [3.8, 4) is 0 Å². The summed E-state index contributed by atoms with van der Waals surface area (Å²) in [7, 11) is 1.55. The number of aliphatic hydroxyl groups excluding tert-OH is 1. The molecule has 10 heteroatoms. The van der Waals surface area contributed by atoms with Crippen LogP contribution in [-0.2, 0) is 17.0 Å². The Morgan fingerprint density at radius 2 is 2.27 bits per heavy atom. The highest BCUT2D eigenvalue weighted by molar-refractivity contribution is 7.99. The number of aliphatic hydroxyl groups is 1. The molecule has 0 bridgehead atoms. The average Bonchev–Trinajstić information content (AvgIpc) is 2.72. The van der Waals surface area contributed by atoms with Crippen molar-refractivity contribution in [2.45, 2.75) is 35.7 Å². The van der Waals surface area contributed by atoms with Crippen LogP contribution >= 0.6 is 35.0 Å². The van der Waals surface area contributed by atoms with Crippen LogP contribution in [0.2, 0.25) is 10.0 Å². The summed E-state index contributed by atoms with van der Waals surface area (Å²) in [5.74, 6) is -0.748. The molecule has 30 heavy (non-hydrogen) atoms. The van der Waals surface area contributed by atoms with Gasteiger partial charge in [0.2, 0.25) is 11.0 Å². The minimum atomic E-state index is -2.22. The van der Waals surface area contributed by atoms with Gasteiger partial charge in [-0.15, -0.1) is 4.70 Å². The van der Waals surface area contributed by atoms with Crippen molar-refractivity contribution in [3.05, 3.63) is 63.4 Å². The van der Waals surface area contributed by atoms with Crippen LogP contribution in [0.5, 0.6) is 0 Å². The lowest BCUT2D eigenvalue weighted by atomic mass is 9.82. The lowest BCUT2D eigenvalue weighted by molar-refractivity contribution is -0.602. The largest absolute Gasteiger partial charge is 0.388 e. The highest BCUT2D eigenvalue weighted by atomic mass is 35.5. The quantitative estimate of drug-likeness (QED) is 0.316. The van der Waals surface area contributed by atoms with Gasteiger partial charge in [-0.1, -0.05) is 52.6 Å². The Kier molecular flexibility index (Phi) is 7.34. The molecular formula is C20H22Cl2FN4O2S+. The summed E-state index contributed by atoms with van der Waals surface area (Å²) in [5, 5.41) is 12.3. The second-order valence-corrected chi connectivity index (χ2v) is 9.30. The van der Waals surface area contributed by atoms with E-state index in [1.54, 1.807) is 43.6 Å². The zero-order chi connectivity index (χ0) is 21.9. The third kappa shape index (κ3) is 4.77. The molecule has 0 saturated carbocycles. The maximum Gasteiger partial charge on any atom is 0.262 e. The molecule has 0 fully saturated rings. The molecule has 3 rings (SSSR count). The van der Waals surface area contributed by atoms with Crippen LogP contribution in [0.4, 0.5) is 4.39 Å². The number of nitrogens with one attached hydrogen (secondary N) is 2. The molecule has 1 aromatic heterocycles. The van der Waals surface area contributed by atoms with Crippen LogP contribution in [0.15, 0.2) is 36.5 Å². The molecule has 0 radical (unpaired) electrons. The van der Waals surface area contributed by atoms with Crippen LogP contribution in [0.1, 0.15) is 34.9 Å². The van der Waals surface area contributed by atoms with Gasteiger partial charge in [-0.05, 0) is 36.6 Å². The number of aromatic nitrogens is 1. The Labute approximate surface area is 188 Å². The summed E-state index contributed by atoms with van der Waals surface area (Å²) >= 11 is 13.4. The number of nitrogens with zero attached hydrogens (tertiary/aromatic N) is 2. The smallest absolute Gasteiger partial charge is 0.262 e. The van der Waals surface area contributed by atoms with E-state index in [0.29, 0.717) is 27.7 Å². The predicted molar refractivity (Wildman–Crippen MR) is 115 cm³/mol. The van der Waals surface area contributed by atoms with E-state index in [9.17, 15) is 9.90 Å². The van der Waals surface area contributed by atoms with Gasteiger partial charge in [-0.3, -0.25) is 9.78 Å². The van der Waals surface area contributed by atoms with Crippen molar-refractivity contribution in [1.82, 2.24) is 10.3 Å². The van der Waals surface area contributed by atoms with Crippen molar-refractivity contribution < 1.29 is 19.0 Å². The number of halogens is 3. The van der Waals surface area contributed by atoms with E-state index in [4.69, 9.17) is 28.7 Å². The lowest BCUT2D eigenvalue weighted by Gasteiger charge is -2.34. The summed E-state index contributed by atoms with van der Waals surface area (Å²) < 4.78 is 17.1. The number of hydrogen-bond acceptors (Lipinski definition) is 5. The van der Waals surface area contributed by atoms with E-state index >= 15 is 4.39 Å². The summed E-state index contributed by atoms with van der Waals surface area (Å²) in [6.07, 6.45) is 1.88. The molecule has 3 atom stereocenters. The fraction of sp³-hybridized carbons (Fsp3) is 0.400. The van der Waals surface area contributed by atoms with Crippen molar-refractivity contribution in [1.29, 1.82) is 5.53 Å². The molecule has 1 aromatic carbocycles. The van der Waals surface area contributed by atoms with Crippen LogP contribution in [0.3, 0.4) is 0 Å². The summed E-state index contributed by atoms with van der Waals surface area (Å²) in [6, 6.07) is 8.08. The number of alkyl halides is 1. The predicted octanol–water partition coefficient (Wildman–Crippen LogP) is 4.43. The average molecular weight is 472 g/mol. The number of rotatable bonds is 7. The summed E-state index contributed by atoms with van der Waals surface area (Å²) in [5.41, 5.74) is 6.83. The molecular weight excluding hydrogens is 450 g/mol. The number of fused-ring (bicyclic) bond motifs is 1. The number of amides is 1. The fourth-order valence-corrected chi connectivity index (χ4v) is 5.10. The van der Waals surface area contributed by atoms with Gasteiger partial charge in [0.1, 0.15) is 6.61 Å². The van der Waals surface area contributed by atoms with Gasteiger partial charge in [-0.25, -0.2) is 4.39 Å². The van der Waals surface area contributed by atoms with E-state index in [-0.39, 0.29) is 30.4 Å². The standard InChI is InChI=1S/C20H21Cl2FN4O2S/c1-27(24)17(11-28)30-16-6-7-20(23,14-3-2-8-25-18(14)16)19(29)26-10-12-4-5-13(21)9-15(12)22/h2-5,8-9,16-17,24,28H,6-7,10-11H2,1H3/p+1/t16?,17?,20-/m0/s1. The maximum atomic E-state index is 16.0. The number of carbonyl (C=O) groups is 1. The molecule has 2 unspecified atom stereocenters. The third-order valence-electron chi connectivity index (χ3n) is 5.05. The Balaban J connectivity index is 1.81. The zero-order valence-electron chi connectivity index (χ0n) is 16.2. The molecule has 1 aliphatic rings. The van der Waals surface area contributed by atoms with E-state index in [0.717, 1.165) is 4.70 Å². The topological polar surface area (TPSA) is 89.1 Å². The highest BCUT2D eigenvalue weighted by Crippen LogP contribution is 2.48. The Morgan fingerprint density at radius 3 is 2.93 bits per heavy atom. The molecule has 0 saturated heterocycles. The minimum Gasteiger partial charge on any atom is -0.388 e. The third-order valence-corrected chi connectivity index (χ3v) is 7.20. The summed E-state index contributed by atoms with van der Waals surface area (Å²) in [6.45, 7) is -0.142. The van der Waals surface area contributed by atoms with Crippen LogP contribution < -0.4 is 5.32 Å². The summed E-state index contributed by atoms with van der Waals surface area (Å²) in [4.78, 5) is 17.2. The van der Waals surface area contributed by atoms with Crippen molar-refractivity contribution in [2.75, 3.05) is 13.7 Å². The van der Waals surface area contributed by atoms with Crippen LogP contribution in [-0.4, -0.2) is 39.7 Å². The highest BCUT2D eigenvalue weighted by Gasteiger charge is 2.48. The molecule has 3 N–H and O–H groups in total. The SMILES string of the molecule is C[N+](=N)C(CO)SC1CC[C@@](F)(C(=O)NCc2ccc(Cl)cc2Cl)c2cccnc21. The molecule has 1 heterocycles. The van der Waals surface area contributed by atoms with Crippen molar-refractivity contribution in [3.63, 3.8) is 0 Å². The van der Waals surface area contributed by atoms with Crippen molar-refractivity contribution >= 4 is 40.9 Å². The first-order valence-corrected chi connectivity index (χ1v) is 11.0. The molecule has 1 aliphatic carbocycles. The second kappa shape index (κ2) is 9.60. The first kappa shape index (κ1) is 22.9. The lowest BCUT2D eigenvalue weighted by Crippen LogP contribution is -2.44. The van der Waals surface area contributed by atoms with E-state index < -0.39 is 16.9 Å². The van der Waals surface area contributed by atoms with Gasteiger partial charge in [-0.2, -0.15) is 0 Å². The number of hydrogen-bond donors (Lipinski definition) is 3. The second-order valence-electron chi connectivity index (χ2n) is 7.07. The van der Waals surface area contributed by atoms with Crippen LogP contribution in [0, 0.1) is 5.53 Å².